The summed E-state index contributed by atoms with van der Waals surface area (Å²) in [6.45, 7) is 0. The van der Waals surface area contributed by atoms with Gasteiger partial charge in [0.2, 0.25) is 0 Å². The fourth-order valence-corrected chi connectivity index (χ4v) is 6.76. The van der Waals surface area contributed by atoms with Gasteiger partial charge in [-0.3, -0.25) is 23.1 Å². The van der Waals surface area contributed by atoms with Crippen LogP contribution in [-0.4, -0.2) is 13.5 Å². The molecule has 0 saturated heterocycles. The standard InChI is InChI=1S/C36H21N3O2/c40-35-28-20-11-21-29-32(28)39-33(37(35)22-12-3-1-4-13-22)30-26-18-9-7-16-24(26)25-17-8-10-19-27(25)31(30)34(39)38(36(29)41)23-14-5-2-6-15-23/h1-21H. The summed E-state index contributed by atoms with van der Waals surface area (Å²) in [6.07, 6.45) is 0. The molecule has 9 rings (SSSR count). The first-order valence-electron chi connectivity index (χ1n) is 13.6. The van der Waals surface area contributed by atoms with E-state index in [1.807, 2.05) is 94.1 Å². The molecule has 3 heterocycles. The number of nitrogens with zero attached hydrogens (tertiary/aromatic N) is 3. The average Bonchev–Trinajstić information content (AvgIpc) is 3.38. The second-order valence-electron chi connectivity index (χ2n) is 10.5. The summed E-state index contributed by atoms with van der Waals surface area (Å²) in [5.41, 5.74) is 3.40. The van der Waals surface area contributed by atoms with E-state index in [1.165, 1.54) is 0 Å². The Morgan fingerprint density at radius 2 is 0.732 bits per heavy atom. The first-order valence-corrected chi connectivity index (χ1v) is 13.6. The van der Waals surface area contributed by atoms with Gasteiger partial charge in [0, 0.05) is 10.8 Å². The van der Waals surface area contributed by atoms with Crippen LogP contribution in [0.4, 0.5) is 0 Å². The molecule has 0 radical (unpaired) electrons. The molecule has 0 fully saturated rings. The number of hydrogen-bond donors (Lipinski definition) is 0. The highest BCUT2D eigenvalue weighted by atomic mass is 16.1. The summed E-state index contributed by atoms with van der Waals surface area (Å²) < 4.78 is 5.78. The van der Waals surface area contributed by atoms with Crippen molar-refractivity contribution in [3.05, 3.63) is 148 Å². The zero-order chi connectivity index (χ0) is 27.2. The van der Waals surface area contributed by atoms with Crippen molar-refractivity contribution in [2.24, 2.45) is 0 Å². The van der Waals surface area contributed by atoms with E-state index in [0.717, 1.165) is 55.0 Å². The minimum absolute atomic E-state index is 0.148. The van der Waals surface area contributed by atoms with Gasteiger partial charge in [0.1, 0.15) is 11.3 Å². The molecule has 41 heavy (non-hydrogen) atoms. The van der Waals surface area contributed by atoms with Crippen LogP contribution in [0.15, 0.2) is 137 Å². The fraction of sp³-hybridized carbons (Fsp3) is 0. The number of para-hydroxylation sites is 3. The van der Waals surface area contributed by atoms with E-state index in [1.54, 1.807) is 6.07 Å². The third kappa shape index (κ3) is 2.74. The van der Waals surface area contributed by atoms with Crippen molar-refractivity contribution in [2.75, 3.05) is 0 Å². The summed E-state index contributed by atoms with van der Waals surface area (Å²) in [5, 5.41) is 7.19. The molecule has 0 atom stereocenters. The summed E-state index contributed by atoms with van der Waals surface area (Å²) in [6, 6.07) is 41.7. The minimum Gasteiger partial charge on any atom is -0.278 e. The zero-order valence-corrected chi connectivity index (χ0v) is 21.8. The number of rotatable bonds is 2. The summed E-state index contributed by atoms with van der Waals surface area (Å²) in [7, 11) is 0. The molecule has 0 N–H and O–H groups in total. The van der Waals surface area contributed by atoms with Crippen LogP contribution in [-0.2, 0) is 0 Å². The van der Waals surface area contributed by atoms with E-state index in [0.29, 0.717) is 16.3 Å². The van der Waals surface area contributed by atoms with Gasteiger partial charge < -0.3 is 0 Å². The van der Waals surface area contributed by atoms with E-state index >= 15 is 0 Å². The SMILES string of the molecule is O=c1c2cccc3c(=O)n(-c4ccccc4)c4c5c6ccccc6c6ccccc6c5c(n1-c1ccccc1)n4c23. The Bertz CT molecular complexity index is 2430. The molecular formula is C36H21N3O2. The van der Waals surface area contributed by atoms with Crippen LogP contribution in [0.1, 0.15) is 0 Å². The van der Waals surface area contributed by atoms with E-state index in [9.17, 15) is 9.59 Å². The summed E-state index contributed by atoms with van der Waals surface area (Å²) in [5.74, 6) is 0. The van der Waals surface area contributed by atoms with Crippen LogP contribution in [0.25, 0.3) is 71.3 Å². The van der Waals surface area contributed by atoms with E-state index in [-0.39, 0.29) is 11.1 Å². The number of hydrogen-bond acceptors (Lipinski definition) is 2. The molecule has 0 aliphatic rings. The Morgan fingerprint density at radius 1 is 0.366 bits per heavy atom. The van der Waals surface area contributed by atoms with Crippen LogP contribution in [0, 0.1) is 0 Å². The molecule has 0 bridgehead atoms. The lowest BCUT2D eigenvalue weighted by atomic mass is 9.96. The van der Waals surface area contributed by atoms with Gasteiger partial charge in [0.05, 0.1) is 27.7 Å². The van der Waals surface area contributed by atoms with Gasteiger partial charge in [-0.1, -0.05) is 91.0 Å². The maximum atomic E-state index is 14.5. The monoisotopic (exact) mass is 527 g/mol. The van der Waals surface area contributed by atoms with Gasteiger partial charge in [-0.05, 0) is 57.9 Å². The normalized spacial score (nSPS) is 12.1. The predicted octanol–water partition coefficient (Wildman–Crippen LogP) is 7.44. The van der Waals surface area contributed by atoms with Gasteiger partial charge in [0.25, 0.3) is 11.1 Å². The molecule has 0 unspecified atom stereocenters. The van der Waals surface area contributed by atoms with E-state index in [4.69, 9.17) is 0 Å². The lowest BCUT2D eigenvalue weighted by Crippen LogP contribution is -2.26. The van der Waals surface area contributed by atoms with E-state index in [2.05, 4.69) is 40.8 Å². The first-order chi connectivity index (χ1) is 20.2. The van der Waals surface area contributed by atoms with Crippen molar-refractivity contribution in [3.63, 3.8) is 0 Å². The largest absolute Gasteiger partial charge is 0.278 e. The molecule has 0 saturated carbocycles. The van der Waals surface area contributed by atoms with Gasteiger partial charge in [-0.15, -0.1) is 0 Å². The molecule has 0 amide bonds. The second kappa shape index (κ2) is 7.93. The lowest BCUT2D eigenvalue weighted by Gasteiger charge is -2.17. The smallest absolute Gasteiger partial charge is 0.266 e. The Morgan fingerprint density at radius 3 is 1.17 bits per heavy atom. The highest BCUT2D eigenvalue weighted by Gasteiger charge is 2.27. The van der Waals surface area contributed by atoms with Crippen molar-refractivity contribution in [2.45, 2.75) is 0 Å². The van der Waals surface area contributed by atoms with Crippen molar-refractivity contribution < 1.29 is 0 Å². The van der Waals surface area contributed by atoms with Crippen molar-refractivity contribution in [1.82, 2.24) is 13.5 Å². The first kappa shape index (κ1) is 22.2. The number of fused-ring (bicyclic) bond motifs is 8. The highest BCUT2D eigenvalue weighted by molar-refractivity contribution is 6.33. The topological polar surface area (TPSA) is 48.4 Å². The van der Waals surface area contributed by atoms with Gasteiger partial charge >= 0.3 is 0 Å². The molecular weight excluding hydrogens is 506 g/mol. The second-order valence-corrected chi connectivity index (χ2v) is 10.5. The Kier molecular flexibility index (Phi) is 4.29. The molecule has 3 aromatic heterocycles. The Balaban J connectivity index is 1.76. The molecule has 0 aliphatic heterocycles. The van der Waals surface area contributed by atoms with Crippen LogP contribution in [0.2, 0.25) is 0 Å². The molecule has 5 nitrogen and oxygen atoms in total. The maximum Gasteiger partial charge on any atom is 0.266 e. The van der Waals surface area contributed by atoms with Crippen molar-refractivity contribution in [3.8, 4) is 11.4 Å². The van der Waals surface area contributed by atoms with Crippen molar-refractivity contribution >= 4 is 59.9 Å². The average molecular weight is 528 g/mol. The van der Waals surface area contributed by atoms with Crippen LogP contribution < -0.4 is 11.1 Å². The molecule has 192 valence electrons. The van der Waals surface area contributed by atoms with E-state index < -0.39 is 0 Å². The third-order valence-corrected chi connectivity index (χ3v) is 8.38. The third-order valence-electron chi connectivity index (χ3n) is 8.38. The molecule has 6 aromatic carbocycles. The van der Waals surface area contributed by atoms with Gasteiger partial charge in [-0.2, -0.15) is 0 Å². The molecule has 0 aliphatic carbocycles. The molecule has 0 spiro atoms. The quantitative estimate of drug-likeness (QED) is 0.219. The van der Waals surface area contributed by atoms with Crippen molar-refractivity contribution in [1.29, 1.82) is 0 Å². The lowest BCUT2D eigenvalue weighted by molar-refractivity contribution is 0.968. The molecule has 9 aromatic rings. The molecule has 5 heteroatoms. The summed E-state index contributed by atoms with van der Waals surface area (Å²) >= 11 is 0. The summed E-state index contributed by atoms with van der Waals surface area (Å²) in [4.78, 5) is 28.9. The Hall–Kier alpha value is -5.68. The van der Waals surface area contributed by atoms with Gasteiger partial charge in [0.15, 0.2) is 0 Å². The fourth-order valence-electron chi connectivity index (χ4n) is 6.76. The number of benzene rings is 6. The predicted molar refractivity (Wildman–Crippen MR) is 167 cm³/mol. The van der Waals surface area contributed by atoms with Crippen LogP contribution in [0.5, 0.6) is 0 Å². The zero-order valence-electron chi connectivity index (χ0n) is 21.8. The maximum absolute atomic E-state index is 14.5. The van der Waals surface area contributed by atoms with Gasteiger partial charge in [-0.25, -0.2) is 0 Å². The Labute approximate surface area is 232 Å². The van der Waals surface area contributed by atoms with Crippen LogP contribution >= 0.6 is 0 Å². The highest BCUT2D eigenvalue weighted by Crippen LogP contribution is 2.43. The number of aromatic nitrogens is 3. The van der Waals surface area contributed by atoms with Crippen LogP contribution in [0.3, 0.4) is 0 Å². The minimum atomic E-state index is -0.148.